The third kappa shape index (κ3) is 4.81. The first-order valence-corrected chi connectivity index (χ1v) is 2.72. The Hall–Kier alpha value is -1.05. The molecule has 0 aromatic heterocycles. The molecule has 0 saturated carbocycles. The fourth-order valence-electron chi connectivity index (χ4n) is 0.372. The topological polar surface area (TPSA) is 26.3 Å². The summed E-state index contributed by atoms with van der Waals surface area (Å²) < 4.78 is 4.42. The molecule has 0 aromatic carbocycles. The van der Waals surface area contributed by atoms with Crippen molar-refractivity contribution in [2.45, 2.75) is 12.8 Å². The first kappa shape index (κ1) is 7.95. The van der Waals surface area contributed by atoms with E-state index in [2.05, 4.69) is 17.9 Å². The molecule has 2 nitrogen and oxygen atoms in total. The molecule has 0 amide bonds. The number of hydrogen-bond donors (Lipinski definition) is 0. The van der Waals surface area contributed by atoms with Gasteiger partial charge in [0.1, 0.15) is 0 Å². The van der Waals surface area contributed by atoms with Gasteiger partial charge in [-0.3, -0.25) is 4.79 Å². The lowest BCUT2D eigenvalue weighted by atomic mass is 10.3. The van der Waals surface area contributed by atoms with Gasteiger partial charge in [-0.05, 0) is 6.42 Å². The Labute approximate surface area is 54.8 Å². The van der Waals surface area contributed by atoms with Crippen molar-refractivity contribution < 1.29 is 9.53 Å². The van der Waals surface area contributed by atoms with Crippen LogP contribution in [0.2, 0.25) is 0 Å². The molecule has 0 atom stereocenters. The van der Waals surface area contributed by atoms with Crippen molar-refractivity contribution in [1.82, 2.24) is 0 Å². The van der Waals surface area contributed by atoms with Crippen LogP contribution in [0, 0.1) is 0 Å². The SMILES string of the molecule is C=CCCC(=O)OC=C. The zero-order chi connectivity index (χ0) is 7.11. The second kappa shape index (κ2) is 5.09. The normalized spacial score (nSPS) is 8.00. The van der Waals surface area contributed by atoms with Crippen molar-refractivity contribution in [3.05, 3.63) is 25.5 Å². The minimum absolute atomic E-state index is 0.259. The van der Waals surface area contributed by atoms with Gasteiger partial charge in [-0.15, -0.1) is 6.58 Å². The largest absolute Gasteiger partial charge is 0.435 e. The van der Waals surface area contributed by atoms with Crippen LogP contribution in [0.15, 0.2) is 25.5 Å². The molecular weight excluding hydrogens is 116 g/mol. The molecule has 0 N–H and O–H groups in total. The summed E-state index contributed by atoms with van der Waals surface area (Å²) in [5.74, 6) is -0.259. The molecule has 0 heterocycles. The molecule has 0 saturated heterocycles. The fraction of sp³-hybridized carbons (Fsp3) is 0.286. The van der Waals surface area contributed by atoms with E-state index in [9.17, 15) is 4.79 Å². The molecule has 0 radical (unpaired) electrons. The van der Waals surface area contributed by atoms with Crippen LogP contribution in [-0.4, -0.2) is 5.97 Å². The van der Waals surface area contributed by atoms with Crippen LogP contribution in [0.25, 0.3) is 0 Å². The summed E-state index contributed by atoms with van der Waals surface area (Å²) >= 11 is 0. The van der Waals surface area contributed by atoms with E-state index in [1.807, 2.05) is 0 Å². The van der Waals surface area contributed by atoms with Crippen molar-refractivity contribution in [2.75, 3.05) is 0 Å². The van der Waals surface area contributed by atoms with Gasteiger partial charge in [-0.25, -0.2) is 0 Å². The van der Waals surface area contributed by atoms with Crippen LogP contribution < -0.4 is 0 Å². The van der Waals surface area contributed by atoms with Crippen LogP contribution in [-0.2, 0) is 9.53 Å². The molecule has 0 bridgehead atoms. The third-order valence-electron chi connectivity index (χ3n) is 0.767. The highest BCUT2D eigenvalue weighted by Crippen LogP contribution is 1.92. The van der Waals surface area contributed by atoms with Crippen LogP contribution in [0.4, 0.5) is 0 Å². The number of esters is 1. The Bertz CT molecular complexity index is 116. The molecule has 0 rings (SSSR count). The Morgan fingerprint density at radius 3 is 2.67 bits per heavy atom. The van der Waals surface area contributed by atoms with Crippen molar-refractivity contribution in [2.24, 2.45) is 0 Å². The first-order valence-electron chi connectivity index (χ1n) is 2.72. The Morgan fingerprint density at radius 1 is 1.56 bits per heavy atom. The number of hydrogen-bond acceptors (Lipinski definition) is 2. The molecule has 0 spiro atoms. The van der Waals surface area contributed by atoms with Crippen molar-refractivity contribution in [3.8, 4) is 0 Å². The predicted octanol–water partition coefficient (Wildman–Crippen LogP) is 1.64. The highest BCUT2D eigenvalue weighted by atomic mass is 16.5. The van der Waals surface area contributed by atoms with Crippen molar-refractivity contribution in [1.29, 1.82) is 0 Å². The second-order valence-electron chi connectivity index (χ2n) is 1.48. The molecule has 2 heteroatoms. The Morgan fingerprint density at radius 2 is 2.22 bits per heavy atom. The first-order chi connectivity index (χ1) is 4.31. The van der Waals surface area contributed by atoms with Gasteiger partial charge >= 0.3 is 5.97 Å². The van der Waals surface area contributed by atoms with Gasteiger partial charge in [-0.1, -0.05) is 12.7 Å². The summed E-state index contributed by atoms with van der Waals surface area (Å²) in [5.41, 5.74) is 0. The lowest BCUT2D eigenvalue weighted by Crippen LogP contribution is -1.96. The number of carbonyl (C=O) groups excluding carboxylic acids is 1. The molecule has 9 heavy (non-hydrogen) atoms. The summed E-state index contributed by atoms with van der Waals surface area (Å²) in [6.45, 7) is 6.70. The summed E-state index contributed by atoms with van der Waals surface area (Å²) in [6, 6.07) is 0. The minimum Gasteiger partial charge on any atom is -0.435 e. The highest BCUT2D eigenvalue weighted by molar-refractivity contribution is 5.70. The molecule has 0 aliphatic rings. The van der Waals surface area contributed by atoms with E-state index >= 15 is 0 Å². The zero-order valence-electron chi connectivity index (χ0n) is 5.30. The van der Waals surface area contributed by atoms with Crippen LogP contribution >= 0.6 is 0 Å². The van der Waals surface area contributed by atoms with Gasteiger partial charge in [0.2, 0.25) is 0 Å². The Balaban J connectivity index is 3.26. The standard InChI is InChI=1S/C7H10O2/c1-3-5-6-7(8)9-4-2/h3-4H,1-2,5-6H2. The van der Waals surface area contributed by atoms with E-state index in [1.54, 1.807) is 6.08 Å². The van der Waals surface area contributed by atoms with Gasteiger partial charge in [0, 0.05) is 6.42 Å². The van der Waals surface area contributed by atoms with E-state index in [1.165, 1.54) is 0 Å². The van der Waals surface area contributed by atoms with Crippen LogP contribution in [0.3, 0.4) is 0 Å². The van der Waals surface area contributed by atoms with Crippen molar-refractivity contribution >= 4 is 5.97 Å². The van der Waals surface area contributed by atoms with Crippen molar-refractivity contribution in [3.63, 3.8) is 0 Å². The highest BCUT2D eigenvalue weighted by Gasteiger charge is 1.95. The van der Waals surface area contributed by atoms with Gasteiger partial charge in [0.05, 0.1) is 6.26 Å². The fourth-order valence-corrected chi connectivity index (χ4v) is 0.372. The summed E-state index contributed by atoms with van der Waals surface area (Å²) in [4.78, 5) is 10.5. The van der Waals surface area contributed by atoms with Crippen LogP contribution in [0.1, 0.15) is 12.8 Å². The van der Waals surface area contributed by atoms with Gasteiger partial charge in [0.15, 0.2) is 0 Å². The van der Waals surface area contributed by atoms with Gasteiger partial charge in [0.25, 0.3) is 0 Å². The smallest absolute Gasteiger partial charge is 0.310 e. The quantitative estimate of drug-likeness (QED) is 0.325. The van der Waals surface area contributed by atoms with E-state index in [4.69, 9.17) is 0 Å². The summed E-state index contributed by atoms with van der Waals surface area (Å²) in [7, 11) is 0. The number of carbonyl (C=O) groups is 1. The van der Waals surface area contributed by atoms with E-state index in [0.29, 0.717) is 12.8 Å². The maximum atomic E-state index is 10.5. The molecule has 0 aromatic rings. The maximum absolute atomic E-state index is 10.5. The molecule has 0 unspecified atom stereocenters. The molecule has 0 aliphatic heterocycles. The summed E-state index contributed by atoms with van der Waals surface area (Å²) in [5, 5.41) is 0. The molecule has 50 valence electrons. The van der Waals surface area contributed by atoms with Gasteiger partial charge < -0.3 is 4.74 Å². The summed E-state index contributed by atoms with van der Waals surface area (Å²) in [6.07, 6.45) is 3.85. The maximum Gasteiger partial charge on any atom is 0.310 e. The van der Waals surface area contributed by atoms with E-state index < -0.39 is 0 Å². The molecule has 0 aliphatic carbocycles. The average Bonchev–Trinajstić information content (AvgIpc) is 1.85. The lowest BCUT2D eigenvalue weighted by Gasteiger charge is -1.92. The van der Waals surface area contributed by atoms with Gasteiger partial charge in [-0.2, -0.15) is 0 Å². The van der Waals surface area contributed by atoms with E-state index in [-0.39, 0.29) is 5.97 Å². The minimum atomic E-state index is -0.259. The second-order valence-corrected chi connectivity index (χ2v) is 1.48. The third-order valence-corrected chi connectivity index (χ3v) is 0.767. The number of ether oxygens (including phenoxy) is 1. The van der Waals surface area contributed by atoms with E-state index in [0.717, 1.165) is 6.26 Å². The van der Waals surface area contributed by atoms with Crippen LogP contribution in [0.5, 0.6) is 0 Å². The lowest BCUT2D eigenvalue weighted by molar-refractivity contribution is -0.137. The molecular formula is C7H10O2. The predicted molar refractivity (Wildman–Crippen MR) is 35.7 cm³/mol. The average molecular weight is 126 g/mol. The number of allylic oxidation sites excluding steroid dienone is 1. The zero-order valence-corrected chi connectivity index (χ0v) is 5.30. The molecule has 0 fully saturated rings. The Kier molecular flexibility index (Phi) is 4.50. The number of rotatable bonds is 4. The monoisotopic (exact) mass is 126 g/mol.